The van der Waals surface area contributed by atoms with Crippen LogP contribution in [0.2, 0.25) is 5.15 Å². The number of pyridine rings is 2. The van der Waals surface area contributed by atoms with Gasteiger partial charge in [-0.15, -0.1) is 0 Å². The Morgan fingerprint density at radius 1 is 1.32 bits per heavy atom. The largest absolute Gasteiger partial charge is 0.396 e. The minimum Gasteiger partial charge on any atom is -0.396 e. The van der Waals surface area contributed by atoms with Crippen LogP contribution in [0.5, 0.6) is 0 Å². The van der Waals surface area contributed by atoms with E-state index in [0.717, 1.165) is 31.9 Å². The summed E-state index contributed by atoms with van der Waals surface area (Å²) < 4.78 is 20.2. The first-order valence-electron chi connectivity index (χ1n) is 9.46. The van der Waals surface area contributed by atoms with Crippen molar-refractivity contribution in [2.45, 2.75) is 25.9 Å². The Morgan fingerprint density at radius 2 is 2.11 bits per heavy atom. The minimum atomic E-state index is -0.387. The van der Waals surface area contributed by atoms with Gasteiger partial charge in [0.1, 0.15) is 16.7 Å². The van der Waals surface area contributed by atoms with Crippen molar-refractivity contribution in [1.82, 2.24) is 14.9 Å². The van der Waals surface area contributed by atoms with Crippen molar-refractivity contribution in [1.29, 1.82) is 0 Å². The van der Waals surface area contributed by atoms with Gasteiger partial charge in [-0.2, -0.15) is 0 Å². The Balaban J connectivity index is 1.51. The van der Waals surface area contributed by atoms with Crippen molar-refractivity contribution in [2.75, 3.05) is 38.2 Å². The van der Waals surface area contributed by atoms with Crippen LogP contribution < -0.4 is 5.32 Å². The summed E-state index contributed by atoms with van der Waals surface area (Å²) in [6.07, 6.45) is 3.81. The van der Waals surface area contributed by atoms with E-state index in [4.69, 9.17) is 21.4 Å². The summed E-state index contributed by atoms with van der Waals surface area (Å²) >= 11 is 6.02. The van der Waals surface area contributed by atoms with Gasteiger partial charge in [0.05, 0.1) is 13.2 Å². The van der Waals surface area contributed by atoms with Crippen molar-refractivity contribution >= 4 is 17.3 Å². The van der Waals surface area contributed by atoms with E-state index in [9.17, 15) is 4.39 Å². The van der Waals surface area contributed by atoms with Crippen LogP contribution in [0.4, 0.5) is 10.1 Å². The van der Waals surface area contributed by atoms with Gasteiger partial charge in [-0.05, 0) is 31.0 Å². The summed E-state index contributed by atoms with van der Waals surface area (Å²) in [5.41, 5.74) is 2.62. The van der Waals surface area contributed by atoms with Crippen molar-refractivity contribution in [3.8, 4) is 11.3 Å². The third-order valence-electron chi connectivity index (χ3n) is 5.33. The molecule has 1 atom stereocenters. The first-order valence-corrected chi connectivity index (χ1v) is 9.84. The summed E-state index contributed by atoms with van der Waals surface area (Å²) in [4.78, 5) is 10.7. The first kappa shape index (κ1) is 19.5. The molecular formula is C20H24ClFN4O2. The number of hydrogen-bond acceptors (Lipinski definition) is 6. The van der Waals surface area contributed by atoms with Gasteiger partial charge in [-0.25, -0.2) is 9.37 Å². The van der Waals surface area contributed by atoms with E-state index >= 15 is 0 Å². The van der Waals surface area contributed by atoms with Crippen molar-refractivity contribution in [3.63, 3.8) is 0 Å². The molecule has 2 aliphatic rings. The Bertz CT molecular complexity index is 854. The highest BCUT2D eigenvalue weighted by Crippen LogP contribution is 2.38. The maximum atomic E-state index is 14.9. The fraction of sp³-hybridized carbons (Fsp3) is 0.500. The molecule has 6 nitrogen and oxygen atoms in total. The van der Waals surface area contributed by atoms with E-state index in [1.807, 2.05) is 6.92 Å². The highest BCUT2D eigenvalue weighted by Gasteiger charge is 2.48. The summed E-state index contributed by atoms with van der Waals surface area (Å²) in [5.74, 6) is -0.387. The molecule has 0 radical (unpaired) electrons. The van der Waals surface area contributed by atoms with Gasteiger partial charge in [0.25, 0.3) is 0 Å². The molecule has 2 N–H and O–H groups in total. The predicted octanol–water partition coefficient (Wildman–Crippen LogP) is 2.95. The molecule has 2 saturated heterocycles. The van der Waals surface area contributed by atoms with Gasteiger partial charge in [0.15, 0.2) is 0 Å². The average molecular weight is 407 g/mol. The lowest BCUT2D eigenvalue weighted by Crippen LogP contribution is -2.65. The Hall–Kier alpha value is -1.80. The summed E-state index contributed by atoms with van der Waals surface area (Å²) in [6, 6.07) is 3.19. The van der Waals surface area contributed by atoms with E-state index in [0.29, 0.717) is 34.8 Å². The zero-order valence-electron chi connectivity index (χ0n) is 15.8. The van der Waals surface area contributed by atoms with Crippen LogP contribution in [0.15, 0.2) is 24.5 Å². The molecule has 1 spiro atoms. The van der Waals surface area contributed by atoms with E-state index in [2.05, 4.69) is 20.2 Å². The van der Waals surface area contributed by atoms with E-state index in [1.54, 1.807) is 18.3 Å². The molecule has 8 heteroatoms. The number of ether oxygens (including phenoxy) is 1. The van der Waals surface area contributed by atoms with E-state index < -0.39 is 0 Å². The molecule has 0 aromatic carbocycles. The van der Waals surface area contributed by atoms with Crippen molar-refractivity contribution < 1.29 is 14.2 Å². The van der Waals surface area contributed by atoms with Gasteiger partial charge in [0, 0.05) is 61.3 Å². The minimum absolute atomic E-state index is 0.00114. The summed E-state index contributed by atoms with van der Waals surface area (Å²) in [7, 11) is 0. The Morgan fingerprint density at radius 3 is 2.75 bits per heavy atom. The van der Waals surface area contributed by atoms with Crippen LogP contribution in [0.3, 0.4) is 0 Å². The second kappa shape index (κ2) is 7.91. The van der Waals surface area contributed by atoms with Crippen LogP contribution in [0.25, 0.3) is 11.3 Å². The van der Waals surface area contributed by atoms with Crippen LogP contribution in [0, 0.1) is 11.2 Å². The standard InChI is InChI=1S/C20H24ClFN4O2/c1-13(2-3-27)25-17-5-18(21)23-7-15(17)19-16(22)4-14(6-24-19)8-26-9-20(10-26)11-28-12-20/h4-7,13,27H,2-3,8-12H2,1H3,(H,23,25)/t13-/m0/s1. The lowest BCUT2D eigenvalue weighted by molar-refractivity contribution is -0.191. The number of aromatic nitrogens is 2. The number of rotatable bonds is 7. The van der Waals surface area contributed by atoms with Crippen LogP contribution >= 0.6 is 11.6 Å². The summed E-state index contributed by atoms with van der Waals surface area (Å²) in [6.45, 7) is 6.35. The maximum Gasteiger partial charge on any atom is 0.149 e. The second-order valence-electron chi connectivity index (χ2n) is 7.92. The van der Waals surface area contributed by atoms with Crippen molar-refractivity contribution in [2.24, 2.45) is 5.41 Å². The predicted molar refractivity (Wildman–Crippen MR) is 106 cm³/mol. The van der Waals surface area contributed by atoms with Gasteiger partial charge >= 0.3 is 0 Å². The van der Waals surface area contributed by atoms with Gasteiger partial charge in [-0.1, -0.05) is 11.6 Å². The molecule has 0 saturated carbocycles. The van der Waals surface area contributed by atoms with Gasteiger partial charge in [-0.3, -0.25) is 9.88 Å². The van der Waals surface area contributed by atoms with Crippen molar-refractivity contribution in [3.05, 3.63) is 41.1 Å². The zero-order valence-corrected chi connectivity index (χ0v) is 16.5. The number of nitrogens with one attached hydrogen (secondary N) is 1. The molecule has 0 unspecified atom stereocenters. The number of halogens is 2. The first-order chi connectivity index (χ1) is 13.5. The number of anilines is 1. The molecule has 150 valence electrons. The number of nitrogens with zero attached hydrogens (tertiary/aromatic N) is 3. The molecule has 2 aliphatic heterocycles. The third-order valence-corrected chi connectivity index (χ3v) is 5.53. The fourth-order valence-corrected chi connectivity index (χ4v) is 4.04. The highest BCUT2D eigenvalue weighted by molar-refractivity contribution is 6.29. The molecule has 28 heavy (non-hydrogen) atoms. The Kier molecular flexibility index (Phi) is 5.51. The second-order valence-corrected chi connectivity index (χ2v) is 8.31. The average Bonchev–Trinajstić information content (AvgIpc) is 2.57. The van der Waals surface area contributed by atoms with Gasteiger partial charge < -0.3 is 15.2 Å². The van der Waals surface area contributed by atoms with Crippen LogP contribution in [-0.4, -0.2) is 58.9 Å². The highest BCUT2D eigenvalue weighted by atomic mass is 35.5. The van der Waals surface area contributed by atoms with Crippen LogP contribution in [-0.2, 0) is 11.3 Å². The molecule has 0 bridgehead atoms. The number of likely N-dealkylation sites (tertiary alicyclic amines) is 1. The monoisotopic (exact) mass is 406 g/mol. The summed E-state index contributed by atoms with van der Waals surface area (Å²) in [5, 5.41) is 12.7. The maximum absolute atomic E-state index is 14.9. The molecule has 2 fully saturated rings. The lowest BCUT2D eigenvalue weighted by Gasteiger charge is -2.55. The Labute approximate surface area is 168 Å². The topological polar surface area (TPSA) is 70.5 Å². The van der Waals surface area contributed by atoms with E-state index in [-0.39, 0.29) is 24.2 Å². The fourth-order valence-electron chi connectivity index (χ4n) is 3.88. The third kappa shape index (κ3) is 3.98. The molecule has 4 heterocycles. The number of hydrogen-bond donors (Lipinski definition) is 2. The van der Waals surface area contributed by atoms with Gasteiger partial charge in [0.2, 0.25) is 0 Å². The quantitative estimate of drug-likeness (QED) is 0.689. The van der Waals surface area contributed by atoms with Crippen LogP contribution in [0.1, 0.15) is 18.9 Å². The van der Waals surface area contributed by atoms with E-state index in [1.165, 1.54) is 6.20 Å². The molecule has 4 rings (SSSR count). The normalized spacial score (nSPS) is 19.1. The molecule has 0 amide bonds. The molecule has 2 aromatic heterocycles. The zero-order chi connectivity index (χ0) is 19.7. The number of aliphatic hydroxyl groups excluding tert-OH is 1. The molecule has 2 aromatic rings. The number of aliphatic hydroxyl groups is 1. The molecular weight excluding hydrogens is 383 g/mol. The smallest absolute Gasteiger partial charge is 0.149 e. The molecule has 0 aliphatic carbocycles. The lowest BCUT2D eigenvalue weighted by atomic mass is 9.78. The SMILES string of the molecule is C[C@@H](CCO)Nc1cc(Cl)ncc1-c1ncc(CN2CC3(COC3)C2)cc1F.